The second-order valence-corrected chi connectivity index (χ2v) is 3.00. The maximum absolute atomic E-state index is 8.44. The van der Waals surface area contributed by atoms with Crippen LogP contribution in [0.3, 0.4) is 0 Å². The highest BCUT2D eigenvalue weighted by Gasteiger charge is 2.02. The minimum Gasteiger partial charge on any atom is -0.565 e. The molecule has 0 aromatic rings. The Bertz CT molecular complexity index is 105. The van der Waals surface area contributed by atoms with Gasteiger partial charge in [0.2, 0.25) is 6.16 Å². The molecule has 0 radical (unpaired) electrons. The summed E-state index contributed by atoms with van der Waals surface area (Å²) in [5, 5.41) is 23.7. The van der Waals surface area contributed by atoms with E-state index in [-0.39, 0.29) is 12.1 Å². The zero-order chi connectivity index (χ0) is 9.49. The van der Waals surface area contributed by atoms with Crippen LogP contribution in [-0.4, -0.2) is 60.6 Å². The predicted octanol–water partition coefficient (Wildman–Crippen LogP) is -2.25. The molecule has 6 nitrogen and oxygen atoms in total. The summed E-state index contributed by atoms with van der Waals surface area (Å²) in [6, 6.07) is 0. The molecule has 0 saturated heterocycles. The second-order valence-electron chi connectivity index (χ2n) is 3.00. The van der Waals surface area contributed by atoms with Gasteiger partial charge in [0.25, 0.3) is 0 Å². The lowest BCUT2D eigenvalue weighted by atomic mass is 10.5. The smallest absolute Gasteiger partial charge is 0.249 e. The zero-order valence-electron chi connectivity index (χ0n) is 7.57. The molecule has 76 valence electrons. The van der Waals surface area contributed by atoms with Gasteiger partial charge in [-0.1, -0.05) is 0 Å². The van der Waals surface area contributed by atoms with Crippen LogP contribution in [0.5, 0.6) is 0 Å². The first-order valence-electron chi connectivity index (χ1n) is 3.11. The molecule has 0 aliphatic rings. The fourth-order valence-corrected chi connectivity index (χ4v) is 0.300. The van der Waals surface area contributed by atoms with Gasteiger partial charge in [0, 0.05) is 0 Å². The molecule has 0 unspecified atom stereocenters. The summed E-state index contributed by atoms with van der Waals surface area (Å²) < 4.78 is 0.844. The molecule has 0 atom stereocenters. The van der Waals surface area contributed by atoms with E-state index in [0.717, 1.165) is 11.0 Å². The van der Waals surface area contributed by atoms with Crippen molar-refractivity contribution in [1.29, 1.82) is 0 Å². The summed E-state index contributed by atoms with van der Waals surface area (Å²) in [6.07, 6.45) is -2.08. The van der Waals surface area contributed by atoms with Crippen molar-refractivity contribution in [3.05, 3.63) is 0 Å². The standard InChI is InChI=1S/C5H14NO.CH2O3.H2O/c1-6(2,3)4-5-7;2-1(3)4;/h7H,4-5H2,1-3H3;(H2,2,3,4);1H2/q+1;;/p-1. The summed E-state index contributed by atoms with van der Waals surface area (Å²) in [4.78, 5) is 8.44. The maximum atomic E-state index is 8.44. The lowest BCUT2D eigenvalue weighted by molar-refractivity contribution is -0.870. The van der Waals surface area contributed by atoms with Crippen LogP contribution in [0.25, 0.3) is 0 Å². The third kappa shape index (κ3) is 61.3. The van der Waals surface area contributed by atoms with E-state index >= 15 is 0 Å². The van der Waals surface area contributed by atoms with Crippen LogP contribution >= 0.6 is 0 Å². The van der Waals surface area contributed by atoms with Gasteiger partial charge in [-0.3, -0.25) is 0 Å². The van der Waals surface area contributed by atoms with Crippen molar-refractivity contribution >= 4 is 6.16 Å². The van der Waals surface area contributed by atoms with Crippen LogP contribution in [0.2, 0.25) is 0 Å². The third-order valence-electron chi connectivity index (χ3n) is 0.771. The molecule has 0 heterocycles. The van der Waals surface area contributed by atoms with Gasteiger partial charge in [-0.15, -0.1) is 0 Å². The topological polar surface area (TPSA) is 112 Å². The van der Waals surface area contributed by atoms with Crippen molar-refractivity contribution in [1.82, 2.24) is 0 Å². The number of carboxylic acid groups (broad SMARTS) is 2. The molecule has 0 rings (SSSR count). The van der Waals surface area contributed by atoms with Crippen LogP contribution < -0.4 is 5.11 Å². The molecule has 0 bridgehead atoms. The van der Waals surface area contributed by atoms with Crippen molar-refractivity contribution in [2.45, 2.75) is 0 Å². The summed E-state index contributed by atoms with van der Waals surface area (Å²) >= 11 is 0. The van der Waals surface area contributed by atoms with Crippen LogP contribution in [0.1, 0.15) is 0 Å². The molecule has 0 aromatic carbocycles. The van der Waals surface area contributed by atoms with Crippen LogP contribution in [0.4, 0.5) is 4.79 Å². The average molecular weight is 183 g/mol. The molecular weight excluding hydrogens is 166 g/mol. The quantitative estimate of drug-likeness (QED) is 0.471. The van der Waals surface area contributed by atoms with Gasteiger partial charge in [0.1, 0.15) is 6.54 Å². The van der Waals surface area contributed by atoms with Gasteiger partial charge in [0.05, 0.1) is 27.7 Å². The van der Waals surface area contributed by atoms with E-state index in [9.17, 15) is 0 Å². The van der Waals surface area contributed by atoms with Crippen molar-refractivity contribution in [2.24, 2.45) is 0 Å². The van der Waals surface area contributed by atoms with Gasteiger partial charge in [-0.05, 0) is 0 Å². The number of aliphatic hydroxyl groups excluding tert-OH is 1. The largest absolute Gasteiger partial charge is 0.565 e. The Kier molecular flexibility index (Phi) is 11.9. The lowest BCUT2D eigenvalue weighted by Gasteiger charge is -2.21. The molecule has 0 saturated carbocycles. The first-order valence-corrected chi connectivity index (χ1v) is 3.11. The number of likely N-dealkylation sites (N-methyl/N-ethyl adjacent to an activating group) is 1. The molecule has 6 heteroatoms. The van der Waals surface area contributed by atoms with Crippen LogP contribution in [0, 0.1) is 0 Å². The fraction of sp³-hybridized carbons (Fsp3) is 0.833. The highest BCUT2D eigenvalue weighted by atomic mass is 16.6. The first kappa shape index (κ1) is 17.3. The molecule has 0 spiro atoms. The number of aliphatic hydroxyl groups is 1. The Balaban J connectivity index is -0.000000142. The highest BCUT2D eigenvalue weighted by molar-refractivity contribution is 5.50. The summed E-state index contributed by atoms with van der Waals surface area (Å²) in [7, 11) is 6.16. The fourth-order valence-electron chi connectivity index (χ4n) is 0.300. The zero-order valence-corrected chi connectivity index (χ0v) is 7.57. The van der Waals surface area contributed by atoms with E-state index in [4.69, 9.17) is 20.1 Å². The molecule has 0 amide bonds. The first-order chi connectivity index (χ1) is 4.79. The minimum atomic E-state index is -2.08. The van der Waals surface area contributed by atoms with Crippen molar-refractivity contribution in [3.63, 3.8) is 0 Å². The number of hydrogen-bond acceptors (Lipinski definition) is 3. The molecule has 0 aromatic heterocycles. The Morgan fingerprint density at radius 2 is 1.67 bits per heavy atom. The Hall–Kier alpha value is -0.850. The number of rotatable bonds is 2. The van der Waals surface area contributed by atoms with Crippen LogP contribution in [0.15, 0.2) is 0 Å². The normalized spacial score (nSPS) is 9.00. The number of nitrogens with zero attached hydrogens (tertiary/aromatic N) is 1. The van der Waals surface area contributed by atoms with E-state index < -0.39 is 6.16 Å². The van der Waals surface area contributed by atoms with E-state index in [1.807, 2.05) is 0 Å². The molecule has 0 aliphatic carbocycles. The number of quaternary nitrogens is 1. The number of hydrogen-bond donors (Lipinski definition) is 2. The predicted molar refractivity (Wildman–Crippen MR) is 41.6 cm³/mol. The average Bonchev–Trinajstić information content (AvgIpc) is 1.58. The van der Waals surface area contributed by atoms with Gasteiger partial charge >= 0.3 is 0 Å². The van der Waals surface area contributed by atoms with Gasteiger partial charge < -0.3 is 30.1 Å². The van der Waals surface area contributed by atoms with Crippen molar-refractivity contribution in [3.8, 4) is 0 Å². The monoisotopic (exact) mass is 183 g/mol. The summed E-state index contributed by atoms with van der Waals surface area (Å²) in [5.41, 5.74) is 0. The van der Waals surface area contributed by atoms with E-state index in [0.29, 0.717) is 0 Å². The van der Waals surface area contributed by atoms with Gasteiger partial charge in [-0.2, -0.15) is 0 Å². The Morgan fingerprint density at radius 1 is 1.42 bits per heavy atom. The SMILES string of the molecule is C[N+](C)(C)CCO.O.O=C([O-])O. The molecular formula is C6H17NO5. The summed E-state index contributed by atoms with van der Waals surface area (Å²) in [6.45, 7) is 1.11. The molecule has 4 N–H and O–H groups in total. The molecule has 0 aliphatic heterocycles. The number of carbonyl (C=O) groups is 1. The minimum absolute atomic E-state index is 0. The van der Waals surface area contributed by atoms with E-state index in [2.05, 4.69) is 21.1 Å². The lowest BCUT2D eigenvalue weighted by Crippen LogP contribution is -2.36. The maximum Gasteiger partial charge on any atom is 0.249 e. The second kappa shape index (κ2) is 8.25. The van der Waals surface area contributed by atoms with Crippen molar-refractivity contribution in [2.75, 3.05) is 34.3 Å². The highest BCUT2D eigenvalue weighted by Crippen LogP contribution is 1.84. The summed E-state index contributed by atoms with van der Waals surface area (Å²) in [5.74, 6) is 0. The van der Waals surface area contributed by atoms with E-state index in [1.165, 1.54) is 0 Å². The van der Waals surface area contributed by atoms with E-state index in [1.54, 1.807) is 0 Å². The van der Waals surface area contributed by atoms with Crippen LogP contribution in [-0.2, 0) is 0 Å². The molecule has 12 heavy (non-hydrogen) atoms. The van der Waals surface area contributed by atoms with Gasteiger partial charge in [0.15, 0.2) is 0 Å². The Labute approximate surface area is 71.6 Å². The molecule has 0 fully saturated rings. The third-order valence-corrected chi connectivity index (χ3v) is 0.771. The Morgan fingerprint density at radius 3 is 1.67 bits per heavy atom. The van der Waals surface area contributed by atoms with Gasteiger partial charge in [-0.25, -0.2) is 0 Å². The van der Waals surface area contributed by atoms with Crippen molar-refractivity contribution < 1.29 is 30.1 Å².